The van der Waals surface area contributed by atoms with E-state index in [1.165, 1.54) is 0 Å². The van der Waals surface area contributed by atoms with Crippen LogP contribution in [0, 0.1) is 13.8 Å². The Bertz CT molecular complexity index is 697. The van der Waals surface area contributed by atoms with E-state index in [1.54, 1.807) is 26.4 Å². The summed E-state index contributed by atoms with van der Waals surface area (Å²) in [5.74, 6) is 1.48. The maximum absolute atomic E-state index is 12.2. The molecule has 1 amide bonds. The van der Waals surface area contributed by atoms with Gasteiger partial charge < -0.3 is 19.5 Å². The summed E-state index contributed by atoms with van der Waals surface area (Å²) in [6.07, 6.45) is 0. The lowest BCUT2D eigenvalue weighted by Gasteiger charge is -2.15. The number of carbonyl (C=O) groups is 1. The van der Waals surface area contributed by atoms with Gasteiger partial charge >= 0.3 is 0 Å². The molecule has 0 atom stereocenters. The first-order valence-electron chi connectivity index (χ1n) is 7.26. The Balaban J connectivity index is 2.06. The van der Waals surface area contributed by atoms with Crippen LogP contribution in [-0.4, -0.2) is 26.7 Å². The number of methoxy groups -OCH3 is 2. The predicted molar refractivity (Wildman–Crippen MR) is 89.6 cm³/mol. The second-order valence-corrected chi connectivity index (χ2v) is 5.15. The van der Waals surface area contributed by atoms with E-state index in [1.807, 2.05) is 38.1 Å². The average molecular weight is 315 g/mol. The number of anilines is 1. The first-order valence-corrected chi connectivity index (χ1v) is 7.26. The Kier molecular flexibility index (Phi) is 5.46. The molecular weight excluding hydrogens is 294 g/mol. The van der Waals surface area contributed by atoms with Crippen LogP contribution >= 0.6 is 0 Å². The molecular formula is C18H21NO4. The van der Waals surface area contributed by atoms with Gasteiger partial charge in [-0.25, -0.2) is 0 Å². The van der Waals surface area contributed by atoms with Crippen LogP contribution < -0.4 is 19.5 Å². The van der Waals surface area contributed by atoms with E-state index in [0.29, 0.717) is 22.9 Å². The minimum Gasteiger partial charge on any atom is -0.495 e. The Hall–Kier alpha value is -2.69. The number of rotatable bonds is 6. The smallest absolute Gasteiger partial charge is 0.262 e. The minimum atomic E-state index is -0.263. The highest BCUT2D eigenvalue weighted by Crippen LogP contribution is 2.30. The van der Waals surface area contributed by atoms with E-state index in [-0.39, 0.29) is 12.5 Å². The third-order valence-corrected chi connectivity index (χ3v) is 3.36. The monoisotopic (exact) mass is 315 g/mol. The minimum absolute atomic E-state index is 0.114. The number of amides is 1. The van der Waals surface area contributed by atoms with Gasteiger partial charge in [-0.15, -0.1) is 0 Å². The number of nitrogens with one attached hydrogen (secondary N) is 1. The molecule has 0 aromatic heterocycles. The largest absolute Gasteiger partial charge is 0.495 e. The highest BCUT2D eigenvalue weighted by molar-refractivity contribution is 5.94. The van der Waals surface area contributed by atoms with E-state index in [4.69, 9.17) is 14.2 Å². The average Bonchev–Trinajstić information content (AvgIpc) is 2.55. The van der Waals surface area contributed by atoms with Gasteiger partial charge in [0.2, 0.25) is 0 Å². The number of para-hydroxylation sites is 2. The van der Waals surface area contributed by atoms with Gasteiger partial charge in [-0.1, -0.05) is 18.2 Å². The molecule has 0 bridgehead atoms. The number of benzene rings is 2. The highest BCUT2D eigenvalue weighted by atomic mass is 16.5. The number of carbonyl (C=O) groups excluding carboxylic acids is 1. The highest BCUT2D eigenvalue weighted by Gasteiger charge is 2.12. The third kappa shape index (κ3) is 4.16. The van der Waals surface area contributed by atoms with Crippen molar-refractivity contribution in [1.29, 1.82) is 0 Å². The lowest BCUT2D eigenvalue weighted by molar-refractivity contribution is -0.118. The first-order chi connectivity index (χ1) is 11.0. The summed E-state index contributed by atoms with van der Waals surface area (Å²) >= 11 is 0. The van der Waals surface area contributed by atoms with Crippen LogP contribution in [0.2, 0.25) is 0 Å². The van der Waals surface area contributed by atoms with E-state index in [9.17, 15) is 4.79 Å². The molecule has 0 spiro atoms. The molecule has 0 aliphatic rings. The molecule has 0 fully saturated rings. The van der Waals surface area contributed by atoms with Gasteiger partial charge in [0.05, 0.1) is 19.9 Å². The van der Waals surface area contributed by atoms with Gasteiger partial charge in [0.25, 0.3) is 5.91 Å². The number of aryl methyl sites for hydroxylation is 2. The molecule has 23 heavy (non-hydrogen) atoms. The fourth-order valence-electron chi connectivity index (χ4n) is 2.31. The second kappa shape index (κ2) is 7.54. The lowest BCUT2D eigenvalue weighted by atomic mass is 10.1. The van der Waals surface area contributed by atoms with Gasteiger partial charge in [-0.05, 0) is 43.2 Å². The van der Waals surface area contributed by atoms with Crippen molar-refractivity contribution in [2.75, 3.05) is 26.1 Å². The van der Waals surface area contributed by atoms with Crippen LogP contribution in [-0.2, 0) is 4.79 Å². The first kappa shape index (κ1) is 16.7. The van der Waals surface area contributed by atoms with Gasteiger partial charge in [-0.2, -0.15) is 0 Å². The summed E-state index contributed by atoms with van der Waals surface area (Å²) in [4.78, 5) is 12.2. The van der Waals surface area contributed by atoms with Crippen molar-refractivity contribution in [2.24, 2.45) is 0 Å². The van der Waals surface area contributed by atoms with Crippen molar-refractivity contribution in [2.45, 2.75) is 13.8 Å². The summed E-state index contributed by atoms with van der Waals surface area (Å²) < 4.78 is 16.0. The SMILES string of the molecule is COc1ccccc1OCC(=O)Nc1c(C)cc(C)cc1OC. The van der Waals surface area contributed by atoms with Gasteiger partial charge in [-0.3, -0.25) is 4.79 Å². The summed E-state index contributed by atoms with van der Waals surface area (Å²) in [7, 11) is 3.14. The molecule has 0 heterocycles. The van der Waals surface area contributed by atoms with E-state index >= 15 is 0 Å². The van der Waals surface area contributed by atoms with Gasteiger partial charge in [0.15, 0.2) is 18.1 Å². The third-order valence-electron chi connectivity index (χ3n) is 3.36. The molecule has 0 aliphatic heterocycles. The molecule has 0 saturated heterocycles. The number of hydrogen-bond donors (Lipinski definition) is 1. The van der Waals surface area contributed by atoms with Gasteiger partial charge in [0.1, 0.15) is 5.75 Å². The maximum atomic E-state index is 12.2. The Morgan fingerprint density at radius 2 is 1.65 bits per heavy atom. The molecule has 0 saturated carbocycles. The predicted octanol–water partition coefficient (Wildman–Crippen LogP) is 3.34. The topological polar surface area (TPSA) is 56.8 Å². The zero-order valence-corrected chi connectivity index (χ0v) is 13.8. The number of ether oxygens (including phenoxy) is 3. The zero-order valence-electron chi connectivity index (χ0n) is 13.8. The molecule has 2 aromatic carbocycles. The maximum Gasteiger partial charge on any atom is 0.262 e. The second-order valence-electron chi connectivity index (χ2n) is 5.15. The molecule has 2 aromatic rings. The molecule has 0 radical (unpaired) electrons. The van der Waals surface area contributed by atoms with Crippen LogP contribution in [0.25, 0.3) is 0 Å². The zero-order chi connectivity index (χ0) is 16.8. The van der Waals surface area contributed by atoms with Crippen molar-refractivity contribution < 1.29 is 19.0 Å². The van der Waals surface area contributed by atoms with Crippen molar-refractivity contribution in [3.63, 3.8) is 0 Å². The molecule has 122 valence electrons. The molecule has 5 nitrogen and oxygen atoms in total. The lowest BCUT2D eigenvalue weighted by Crippen LogP contribution is -2.21. The Labute approximate surface area is 136 Å². The van der Waals surface area contributed by atoms with Crippen LogP contribution in [0.15, 0.2) is 36.4 Å². The standard InChI is InChI=1S/C18H21NO4/c1-12-9-13(2)18(16(10-12)22-4)19-17(20)11-23-15-8-6-5-7-14(15)21-3/h5-10H,11H2,1-4H3,(H,19,20). The van der Waals surface area contributed by atoms with E-state index < -0.39 is 0 Å². The Morgan fingerprint density at radius 1 is 1.00 bits per heavy atom. The van der Waals surface area contributed by atoms with Crippen molar-refractivity contribution in [3.8, 4) is 17.2 Å². The molecule has 2 rings (SSSR count). The van der Waals surface area contributed by atoms with Crippen LogP contribution in [0.1, 0.15) is 11.1 Å². The molecule has 0 unspecified atom stereocenters. The Morgan fingerprint density at radius 3 is 2.30 bits per heavy atom. The van der Waals surface area contributed by atoms with Crippen molar-refractivity contribution >= 4 is 11.6 Å². The summed E-state index contributed by atoms with van der Waals surface area (Å²) in [5, 5.41) is 2.83. The summed E-state index contributed by atoms with van der Waals surface area (Å²) in [6.45, 7) is 3.79. The van der Waals surface area contributed by atoms with Gasteiger partial charge in [0, 0.05) is 0 Å². The van der Waals surface area contributed by atoms with Crippen LogP contribution in [0.3, 0.4) is 0 Å². The quantitative estimate of drug-likeness (QED) is 0.888. The molecule has 0 aliphatic carbocycles. The van der Waals surface area contributed by atoms with Crippen LogP contribution in [0.4, 0.5) is 5.69 Å². The number of hydrogen-bond acceptors (Lipinski definition) is 4. The van der Waals surface area contributed by atoms with Crippen molar-refractivity contribution in [3.05, 3.63) is 47.5 Å². The fraction of sp³-hybridized carbons (Fsp3) is 0.278. The summed E-state index contributed by atoms with van der Waals surface area (Å²) in [5.41, 5.74) is 2.67. The van der Waals surface area contributed by atoms with E-state index in [0.717, 1.165) is 11.1 Å². The molecule has 1 N–H and O–H groups in total. The van der Waals surface area contributed by atoms with Crippen LogP contribution in [0.5, 0.6) is 17.2 Å². The van der Waals surface area contributed by atoms with E-state index in [2.05, 4.69) is 5.32 Å². The van der Waals surface area contributed by atoms with Crippen molar-refractivity contribution in [1.82, 2.24) is 0 Å². The molecule has 5 heteroatoms. The summed E-state index contributed by atoms with van der Waals surface area (Å²) in [6, 6.07) is 11.1. The fourth-order valence-corrected chi connectivity index (χ4v) is 2.31. The normalized spacial score (nSPS) is 10.1.